The van der Waals surface area contributed by atoms with Crippen molar-refractivity contribution in [3.8, 4) is 5.75 Å². The van der Waals surface area contributed by atoms with E-state index in [-0.39, 0.29) is 12.5 Å². The van der Waals surface area contributed by atoms with Crippen LogP contribution in [0.15, 0.2) is 42.5 Å². The number of carbonyl (C=O) groups excluding carboxylic acids is 1. The van der Waals surface area contributed by atoms with Crippen LogP contribution in [0.25, 0.3) is 0 Å². The van der Waals surface area contributed by atoms with Crippen molar-refractivity contribution in [1.29, 1.82) is 0 Å². The molecule has 1 amide bonds. The zero-order chi connectivity index (χ0) is 19.2. The number of piperazine rings is 1. The lowest BCUT2D eigenvalue weighted by molar-refractivity contribution is -0.118. The van der Waals surface area contributed by atoms with Crippen molar-refractivity contribution in [2.24, 2.45) is 0 Å². The third-order valence-corrected chi connectivity index (χ3v) is 5.26. The Morgan fingerprint density at radius 3 is 2.44 bits per heavy atom. The summed E-state index contributed by atoms with van der Waals surface area (Å²) in [5.41, 5.74) is 2.88. The zero-order valence-corrected chi connectivity index (χ0v) is 16.6. The number of likely N-dealkylation sites (N-methyl/N-ethyl adjacent to an activating group) is 1. The molecule has 0 bridgehead atoms. The molecule has 1 saturated heterocycles. The molecule has 3 rings (SSSR count). The van der Waals surface area contributed by atoms with E-state index in [0.29, 0.717) is 10.8 Å². The summed E-state index contributed by atoms with van der Waals surface area (Å²) < 4.78 is 5.53. The summed E-state index contributed by atoms with van der Waals surface area (Å²) in [5, 5.41) is 3.55. The molecule has 2 aromatic carbocycles. The predicted octanol–water partition coefficient (Wildman–Crippen LogP) is 3.81. The predicted molar refractivity (Wildman–Crippen MR) is 111 cm³/mol. The average Bonchev–Trinajstić information content (AvgIpc) is 2.69. The van der Waals surface area contributed by atoms with Gasteiger partial charge in [-0.05, 0) is 61.5 Å². The molecule has 1 aliphatic rings. The van der Waals surface area contributed by atoms with E-state index in [1.54, 1.807) is 12.1 Å². The lowest BCUT2D eigenvalue weighted by Crippen LogP contribution is -2.46. The lowest BCUT2D eigenvalue weighted by Gasteiger charge is -2.35. The first-order valence-corrected chi connectivity index (χ1v) is 9.69. The largest absolute Gasteiger partial charge is 0.484 e. The molecule has 0 saturated carbocycles. The highest BCUT2D eigenvalue weighted by atomic mass is 35.5. The van der Waals surface area contributed by atoms with E-state index >= 15 is 0 Å². The van der Waals surface area contributed by atoms with Gasteiger partial charge in [0, 0.05) is 42.6 Å². The molecule has 0 spiro atoms. The molecule has 1 heterocycles. The van der Waals surface area contributed by atoms with Crippen LogP contribution in [-0.4, -0.2) is 50.1 Å². The fraction of sp³-hybridized carbons (Fsp3) is 0.381. The Morgan fingerprint density at radius 2 is 1.81 bits per heavy atom. The Kier molecular flexibility index (Phi) is 6.58. The van der Waals surface area contributed by atoms with Gasteiger partial charge in [0.2, 0.25) is 0 Å². The number of benzene rings is 2. The first-order chi connectivity index (χ1) is 13.0. The maximum absolute atomic E-state index is 12.1. The van der Waals surface area contributed by atoms with Crippen LogP contribution in [-0.2, 0) is 4.79 Å². The molecule has 0 radical (unpaired) electrons. The van der Waals surface area contributed by atoms with Crippen molar-refractivity contribution < 1.29 is 9.53 Å². The number of nitrogens with zero attached hydrogens (tertiary/aromatic N) is 2. The highest BCUT2D eigenvalue weighted by molar-refractivity contribution is 6.31. The van der Waals surface area contributed by atoms with Gasteiger partial charge in [-0.1, -0.05) is 18.5 Å². The molecule has 0 aromatic heterocycles. The quantitative estimate of drug-likeness (QED) is 0.818. The Hall–Kier alpha value is -2.24. The number of hydrogen-bond acceptors (Lipinski definition) is 4. The first-order valence-electron chi connectivity index (χ1n) is 9.31. The van der Waals surface area contributed by atoms with E-state index in [4.69, 9.17) is 16.3 Å². The number of carbonyl (C=O) groups is 1. The number of halogens is 1. The summed E-state index contributed by atoms with van der Waals surface area (Å²) >= 11 is 5.99. The molecular formula is C21H26ClN3O2. The average molecular weight is 388 g/mol. The van der Waals surface area contributed by atoms with Crippen LogP contribution >= 0.6 is 11.6 Å². The van der Waals surface area contributed by atoms with Gasteiger partial charge < -0.3 is 19.9 Å². The van der Waals surface area contributed by atoms with Gasteiger partial charge in [0.15, 0.2) is 6.61 Å². The Labute approximate surface area is 165 Å². The second-order valence-electron chi connectivity index (χ2n) is 6.72. The Morgan fingerprint density at radius 1 is 1.11 bits per heavy atom. The van der Waals surface area contributed by atoms with Crippen molar-refractivity contribution >= 4 is 28.9 Å². The fourth-order valence-corrected chi connectivity index (χ4v) is 3.25. The number of rotatable bonds is 6. The number of hydrogen-bond donors (Lipinski definition) is 1. The van der Waals surface area contributed by atoms with Crippen molar-refractivity contribution in [2.75, 3.05) is 49.5 Å². The molecule has 1 fully saturated rings. The van der Waals surface area contributed by atoms with Crippen LogP contribution in [0, 0.1) is 6.92 Å². The van der Waals surface area contributed by atoms with Crippen LogP contribution in [0.5, 0.6) is 5.75 Å². The monoisotopic (exact) mass is 387 g/mol. The molecule has 1 aliphatic heterocycles. The summed E-state index contributed by atoms with van der Waals surface area (Å²) in [6.07, 6.45) is 0. The minimum absolute atomic E-state index is 0.0399. The van der Waals surface area contributed by atoms with E-state index in [1.807, 2.05) is 25.1 Å². The number of aryl methyl sites for hydroxylation is 1. The molecular weight excluding hydrogens is 362 g/mol. The van der Waals surface area contributed by atoms with Crippen molar-refractivity contribution in [2.45, 2.75) is 13.8 Å². The second-order valence-corrected chi connectivity index (χ2v) is 7.12. The summed E-state index contributed by atoms with van der Waals surface area (Å²) in [6.45, 7) is 9.43. The van der Waals surface area contributed by atoms with Gasteiger partial charge in [0.25, 0.3) is 5.91 Å². The van der Waals surface area contributed by atoms with Gasteiger partial charge in [-0.3, -0.25) is 4.79 Å². The van der Waals surface area contributed by atoms with E-state index in [1.165, 1.54) is 5.69 Å². The summed E-state index contributed by atoms with van der Waals surface area (Å²) in [6, 6.07) is 13.3. The van der Waals surface area contributed by atoms with Gasteiger partial charge in [-0.2, -0.15) is 0 Å². The highest BCUT2D eigenvalue weighted by Crippen LogP contribution is 2.22. The van der Waals surface area contributed by atoms with Gasteiger partial charge in [-0.15, -0.1) is 0 Å². The number of ether oxygens (including phenoxy) is 1. The van der Waals surface area contributed by atoms with Gasteiger partial charge in [-0.25, -0.2) is 0 Å². The van der Waals surface area contributed by atoms with Crippen molar-refractivity contribution in [3.63, 3.8) is 0 Å². The smallest absolute Gasteiger partial charge is 0.262 e. The SMILES string of the molecule is CCN1CCN(c2ccc(NC(=O)COc3ccc(Cl)c(C)c3)cc2)CC1. The highest BCUT2D eigenvalue weighted by Gasteiger charge is 2.15. The minimum atomic E-state index is -0.188. The molecule has 0 atom stereocenters. The summed E-state index contributed by atoms with van der Waals surface area (Å²) in [7, 11) is 0. The van der Waals surface area contributed by atoms with Crippen LogP contribution in [0.4, 0.5) is 11.4 Å². The fourth-order valence-electron chi connectivity index (χ4n) is 3.13. The standard InChI is InChI=1S/C21H26ClN3O2/c1-3-24-10-12-25(13-11-24)18-6-4-17(5-7-18)23-21(26)15-27-19-8-9-20(22)16(2)14-19/h4-9,14H,3,10-13,15H2,1-2H3,(H,23,26). The van der Waals surface area contributed by atoms with Crippen LogP contribution < -0.4 is 15.0 Å². The third kappa shape index (κ3) is 5.37. The van der Waals surface area contributed by atoms with E-state index in [2.05, 4.69) is 34.2 Å². The van der Waals surface area contributed by atoms with Crippen LogP contribution in [0.3, 0.4) is 0 Å². The maximum Gasteiger partial charge on any atom is 0.262 e. The van der Waals surface area contributed by atoms with Gasteiger partial charge in [0.1, 0.15) is 5.75 Å². The van der Waals surface area contributed by atoms with E-state index in [0.717, 1.165) is 44.0 Å². The molecule has 5 nitrogen and oxygen atoms in total. The molecule has 6 heteroatoms. The van der Waals surface area contributed by atoms with Gasteiger partial charge >= 0.3 is 0 Å². The molecule has 0 unspecified atom stereocenters. The molecule has 2 aromatic rings. The van der Waals surface area contributed by atoms with Crippen LogP contribution in [0.1, 0.15) is 12.5 Å². The van der Waals surface area contributed by atoms with E-state index in [9.17, 15) is 4.79 Å². The molecule has 0 aliphatic carbocycles. The Bertz CT molecular complexity index is 771. The molecule has 144 valence electrons. The van der Waals surface area contributed by atoms with E-state index < -0.39 is 0 Å². The normalized spacial score (nSPS) is 14.9. The topological polar surface area (TPSA) is 44.8 Å². The number of anilines is 2. The maximum atomic E-state index is 12.1. The Balaban J connectivity index is 1.49. The number of nitrogens with one attached hydrogen (secondary N) is 1. The molecule has 27 heavy (non-hydrogen) atoms. The summed E-state index contributed by atoms with van der Waals surface area (Å²) in [4.78, 5) is 16.9. The van der Waals surface area contributed by atoms with Crippen molar-refractivity contribution in [1.82, 2.24) is 4.90 Å². The lowest BCUT2D eigenvalue weighted by atomic mass is 10.2. The minimum Gasteiger partial charge on any atom is -0.484 e. The van der Waals surface area contributed by atoms with Crippen LogP contribution in [0.2, 0.25) is 5.02 Å². The first kappa shape index (κ1) is 19.5. The van der Waals surface area contributed by atoms with Gasteiger partial charge in [0.05, 0.1) is 0 Å². The number of amides is 1. The third-order valence-electron chi connectivity index (χ3n) is 4.84. The molecule has 1 N–H and O–H groups in total. The zero-order valence-electron chi connectivity index (χ0n) is 15.9. The summed E-state index contributed by atoms with van der Waals surface area (Å²) in [5.74, 6) is 0.445. The second kappa shape index (κ2) is 9.11. The van der Waals surface area contributed by atoms with Crippen molar-refractivity contribution in [3.05, 3.63) is 53.1 Å².